The highest BCUT2D eigenvalue weighted by molar-refractivity contribution is 6.35. The van der Waals surface area contributed by atoms with Crippen molar-refractivity contribution in [2.24, 2.45) is 5.92 Å². The van der Waals surface area contributed by atoms with E-state index in [-0.39, 0.29) is 18.9 Å². The fourth-order valence-electron chi connectivity index (χ4n) is 2.13. The molecule has 0 saturated carbocycles. The third kappa shape index (κ3) is 3.39. The van der Waals surface area contributed by atoms with Gasteiger partial charge in [0.15, 0.2) is 0 Å². The minimum Gasteiger partial charge on any atom is -0.481 e. The average Bonchev–Trinajstić information content (AvgIpc) is 2.82. The van der Waals surface area contributed by atoms with E-state index in [0.29, 0.717) is 28.6 Å². The van der Waals surface area contributed by atoms with Crippen LogP contribution in [-0.4, -0.2) is 35.0 Å². The molecule has 1 N–H and O–H groups in total. The van der Waals surface area contributed by atoms with E-state index in [0.717, 1.165) is 0 Å². The Balaban J connectivity index is 2.00. The van der Waals surface area contributed by atoms with Crippen LogP contribution in [0, 0.1) is 5.92 Å². The van der Waals surface area contributed by atoms with Gasteiger partial charge in [-0.2, -0.15) is 0 Å². The van der Waals surface area contributed by atoms with Gasteiger partial charge in [-0.15, -0.1) is 0 Å². The fraction of sp³-hybridized carbons (Fsp3) is 0.385. The second-order valence-corrected chi connectivity index (χ2v) is 5.42. The highest BCUT2D eigenvalue weighted by Gasteiger charge is 2.30. The van der Waals surface area contributed by atoms with Gasteiger partial charge in [0.2, 0.25) is 5.91 Å². The Bertz CT molecular complexity index is 519. The van der Waals surface area contributed by atoms with Crippen LogP contribution in [0.2, 0.25) is 10.0 Å². The zero-order valence-corrected chi connectivity index (χ0v) is 11.6. The lowest BCUT2D eigenvalue weighted by Crippen LogP contribution is -2.31. The van der Waals surface area contributed by atoms with E-state index in [1.807, 2.05) is 0 Å². The molecule has 1 aromatic carbocycles. The molecule has 1 saturated heterocycles. The minimum atomic E-state index is -0.847. The summed E-state index contributed by atoms with van der Waals surface area (Å²) in [6.07, 6.45) is 0.678. The van der Waals surface area contributed by atoms with Crippen LogP contribution in [0.4, 0.5) is 0 Å². The zero-order chi connectivity index (χ0) is 14.0. The molecule has 0 bridgehead atoms. The Morgan fingerprint density at radius 2 is 2.11 bits per heavy atom. The first-order valence-electron chi connectivity index (χ1n) is 5.92. The number of aliphatic carboxylic acids is 1. The molecule has 1 aromatic rings. The van der Waals surface area contributed by atoms with E-state index >= 15 is 0 Å². The van der Waals surface area contributed by atoms with Crippen LogP contribution >= 0.6 is 23.2 Å². The van der Waals surface area contributed by atoms with Crippen LogP contribution in [0.15, 0.2) is 18.2 Å². The number of carbonyl (C=O) groups is 2. The summed E-state index contributed by atoms with van der Waals surface area (Å²) in [5.74, 6) is -1.41. The van der Waals surface area contributed by atoms with Gasteiger partial charge >= 0.3 is 5.97 Å². The lowest BCUT2D eigenvalue weighted by molar-refractivity contribution is -0.141. The predicted octanol–water partition coefficient (Wildman–Crippen LogP) is 2.47. The molecule has 1 heterocycles. The summed E-state index contributed by atoms with van der Waals surface area (Å²) in [6, 6.07) is 4.99. The second kappa shape index (κ2) is 5.80. The molecule has 19 heavy (non-hydrogen) atoms. The summed E-state index contributed by atoms with van der Waals surface area (Å²) in [5, 5.41) is 9.88. The molecule has 0 radical (unpaired) electrons. The minimum absolute atomic E-state index is 0.104. The maximum atomic E-state index is 12.1. The Labute approximate surface area is 120 Å². The summed E-state index contributed by atoms with van der Waals surface area (Å²) >= 11 is 11.8. The van der Waals surface area contributed by atoms with E-state index in [1.54, 1.807) is 23.1 Å². The van der Waals surface area contributed by atoms with Crippen molar-refractivity contribution in [1.29, 1.82) is 0 Å². The fourth-order valence-corrected chi connectivity index (χ4v) is 2.60. The van der Waals surface area contributed by atoms with Crippen LogP contribution in [-0.2, 0) is 16.0 Å². The molecule has 0 unspecified atom stereocenters. The summed E-state index contributed by atoms with van der Waals surface area (Å²) in [5.41, 5.74) is 0.704. The predicted molar refractivity (Wildman–Crippen MR) is 72.5 cm³/mol. The molecule has 0 aliphatic carbocycles. The van der Waals surface area contributed by atoms with Gasteiger partial charge in [0.05, 0.1) is 12.3 Å². The molecule has 1 fully saturated rings. The summed E-state index contributed by atoms with van der Waals surface area (Å²) < 4.78 is 0. The molecule has 1 aliphatic rings. The van der Waals surface area contributed by atoms with Crippen LogP contribution < -0.4 is 0 Å². The largest absolute Gasteiger partial charge is 0.481 e. The molecule has 6 heteroatoms. The Morgan fingerprint density at radius 3 is 2.68 bits per heavy atom. The van der Waals surface area contributed by atoms with Crippen LogP contribution in [0.25, 0.3) is 0 Å². The van der Waals surface area contributed by atoms with Crippen molar-refractivity contribution < 1.29 is 14.7 Å². The van der Waals surface area contributed by atoms with Gasteiger partial charge in [-0.3, -0.25) is 9.59 Å². The first-order chi connectivity index (χ1) is 8.97. The number of hydrogen-bond donors (Lipinski definition) is 1. The highest BCUT2D eigenvalue weighted by atomic mass is 35.5. The van der Waals surface area contributed by atoms with Crippen molar-refractivity contribution in [3.63, 3.8) is 0 Å². The van der Waals surface area contributed by atoms with Crippen LogP contribution in [0.1, 0.15) is 12.0 Å². The Morgan fingerprint density at radius 1 is 1.37 bits per heavy atom. The zero-order valence-electron chi connectivity index (χ0n) is 10.1. The summed E-state index contributed by atoms with van der Waals surface area (Å²) in [7, 11) is 0. The van der Waals surface area contributed by atoms with Crippen molar-refractivity contribution in [3.8, 4) is 0 Å². The number of nitrogens with zero attached hydrogens (tertiary/aromatic N) is 1. The molecule has 0 aromatic heterocycles. The van der Waals surface area contributed by atoms with Crippen molar-refractivity contribution >= 4 is 35.1 Å². The quantitative estimate of drug-likeness (QED) is 0.933. The standard InChI is InChI=1S/C13H13Cl2NO3/c14-10-2-1-8(11(15)6-10)5-12(17)16-4-3-9(7-16)13(18)19/h1-2,6,9H,3-5,7H2,(H,18,19)/t9-/m1/s1. The monoisotopic (exact) mass is 301 g/mol. The summed E-state index contributed by atoms with van der Waals surface area (Å²) in [6.45, 7) is 0.764. The molecule has 1 aliphatic heterocycles. The normalized spacial score (nSPS) is 18.6. The Hall–Kier alpha value is -1.26. The summed E-state index contributed by atoms with van der Waals surface area (Å²) in [4.78, 5) is 24.5. The highest BCUT2D eigenvalue weighted by Crippen LogP contribution is 2.23. The van der Waals surface area contributed by atoms with E-state index in [2.05, 4.69) is 0 Å². The molecule has 1 amide bonds. The average molecular weight is 302 g/mol. The van der Waals surface area contributed by atoms with E-state index < -0.39 is 11.9 Å². The number of hydrogen-bond acceptors (Lipinski definition) is 2. The molecule has 2 rings (SSSR count). The first-order valence-corrected chi connectivity index (χ1v) is 6.67. The SMILES string of the molecule is O=C(O)[C@@H]1CCN(C(=O)Cc2ccc(Cl)cc2Cl)C1. The number of benzene rings is 1. The maximum absolute atomic E-state index is 12.1. The topological polar surface area (TPSA) is 57.6 Å². The molecular formula is C13H13Cl2NO3. The third-order valence-corrected chi connectivity index (χ3v) is 3.83. The van der Waals surface area contributed by atoms with Gasteiger partial charge in [0.25, 0.3) is 0 Å². The van der Waals surface area contributed by atoms with Crippen LogP contribution in [0.3, 0.4) is 0 Å². The van der Waals surface area contributed by atoms with Crippen molar-refractivity contribution in [1.82, 2.24) is 4.90 Å². The van der Waals surface area contributed by atoms with Crippen molar-refractivity contribution in [2.45, 2.75) is 12.8 Å². The number of amides is 1. The number of carbonyl (C=O) groups excluding carboxylic acids is 1. The smallest absolute Gasteiger partial charge is 0.308 e. The molecule has 4 nitrogen and oxygen atoms in total. The van der Waals surface area contributed by atoms with E-state index in [9.17, 15) is 9.59 Å². The Kier molecular flexibility index (Phi) is 4.32. The lowest BCUT2D eigenvalue weighted by atomic mass is 10.1. The molecular weight excluding hydrogens is 289 g/mol. The van der Waals surface area contributed by atoms with Crippen molar-refractivity contribution in [2.75, 3.05) is 13.1 Å². The number of carboxylic acid groups (broad SMARTS) is 1. The molecule has 0 spiro atoms. The van der Waals surface area contributed by atoms with Gasteiger partial charge in [0, 0.05) is 23.1 Å². The number of rotatable bonds is 3. The first kappa shape index (κ1) is 14.2. The van der Waals surface area contributed by atoms with Crippen LogP contribution in [0.5, 0.6) is 0 Å². The maximum Gasteiger partial charge on any atom is 0.308 e. The molecule has 102 valence electrons. The van der Waals surface area contributed by atoms with Crippen molar-refractivity contribution in [3.05, 3.63) is 33.8 Å². The number of carboxylic acids is 1. The van der Waals surface area contributed by atoms with Gasteiger partial charge in [-0.1, -0.05) is 29.3 Å². The lowest BCUT2D eigenvalue weighted by Gasteiger charge is -2.16. The number of likely N-dealkylation sites (tertiary alicyclic amines) is 1. The molecule has 1 atom stereocenters. The third-order valence-electron chi connectivity index (χ3n) is 3.25. The van der Waals surface area contributed by atoms with Gasteiger partial charge < -0.3 is 10.0 Å². The van der Waals surface area contributed by atoms with Gasteiger partial charge in [0.1, 0.15) is 0 Å². The number of halogens is 2. The van der Waals surface area contributed by atoms with Gasteiger partial charge in [-0.05, 0) is 24.1 Å². The second-order valence-electron chi connectivity index (χ2n) is 4.58. The van der Waals surface area contributed by atoms with Gasteiger partial charge in [-0.25, -0.2) is 0 Å². The van der Waals surface area contributed by atoms with E-state index in [1.165, 1.54) is 0 Å². The van der Waals surface area contributed by atoms with E-state index in [4.69, 9.17) is 28.3 Å².